The fraction of sp³-hybridized carbons (Fsp3) is 0.438. The molecule has 3 aromatic carbocycles. The van der Waals surface area contributed by atoms with Crippen LogP contribution in [-0.2, 0) is 49.0 Å². The number of carbonyl (C=O) groups excluding carboxylic acids is 7. The van der Waals surface area contributed by atoms with Crippen LogP contribution in [0.5, 0.6) is 5.75 Å². The second-order valence-corrected chi connectivity index (χ2v) is 19.7. The summed E-state index contributed by atoms with van der Waals surface area (Å²) in [6, 6.07) is 17.1. The van der Waals surface area contributed by atoms with Gasteiger partial charge in [-0.25, -0.2) is 9.59 Å². The Labute approximate surface area is 393 Å². The lowest BCUT2D eigenvalue weighted by molar-refractivity contribution is -0.198. The van der Waals surface area contributed by atoms with Crippen molar-refractivity contribution >= 4 is 72.2 Å². The fourth-order valence-electron chi connectivity index (χ4n) is 7.61. The highest BCUT2D eigenvalue weighted by Gasteiger charge is 2.65. The topological polar surface area (TPSA) is 213 Å². The van der Waals surface area contributed by atoms with Crippen LogP contribution in [-0.4, -0.2) is 97.6 Å². The smallest absolute Gasteiger partial charge is 0.366 e. The van der Waals surface area contributed by atoms with E-state index in [4.69, 9.17) is 26.8 Å². The normalized spacial score (nSPS) is 18.8. The number of carbonyl (C=O) groups is 7. The Bertz CT molecular complexity index is 2390. The van der Waals surface area contributed by atoms with E-state index in [0.29, 0.717) is 23.1 Å². The maximum Gasteiger partial charge on any atom is 0.366 e. The van der Waals surface area contributed by atoms with Crippen LogP contribution in [0.25, 0.3) is 6.08 Å². The molecule has 0 radical (unpaired) electrons. The summed E-state index contributed by atoms with van der Waals surface area (Å²) in [5.74, 6) is -4.87. The molecule has 4 N–H and O–H groups in total. The second kappa shape index (κ2) is 20.2. The van der Waals surface area contributed by atoms with E-state index in [1.807, 2.05) is 30.3 Å². The monoisotopic (exact) mass is 928 g/mol. The number of benzene rings is 3. The van der Waals surface area contributed by atoms with Crippen LogP contribution in [0.1, 0.15) is 109 Å². The number of nitrogens with one attached hydrogen (secondary N) is 2. The molecule has 0 saturated carbocycles. The number of likely N-dealkylation sites (tertiary alicyclic amines) is 1. The molecule has 3 aromatic rings. The molecule has 0 bridgehead atoms. The number of esters is 2. The van der Waals surface area contributed by atoms with Crippen LogP contribution in [0.3, 0.4) is 0 Å². The van der Waals surface area contributed by atoms with Crippen molar-refractivity contribution in [2.45, 2.75) is 123 Å². The van der Waals surface area contributed by atoms with Crippen molar-refractivity contribution in [3.8, 4) is 5.75 Å². The number of nitrogens with two attached hydrogens (primary N) is 1. The SMILES string of the molecule is [2H]B([3H])SOC1c2cc(/C=C/C(=O)N[C@H](C(=O)N3C[C@H](NC(C)=O)C[C@H]3C(=O)N(Cc3ccccc3)c3ccc(C(N)=O)cc3)C(C)(C)C)ccc2OC1(C(=O)OC(C)(C)C)C(=O)OC(C)(C)C. The van der Waals surface area contributed by atoms with E-state index in [2.05, 4.69) is 10.6 Å². The molecule has 16 nitrogen and oxygen atoms in total. The van der Waals surface area contributed by atoms with Gasteiger partial charge in [0.05, 0.1) is 6.54 Å². The molecule has 5 rings (SSSR count). The van der Waals surface area contributed by atoms with Crippen molar-refractivity contribution in [3.05, 3.63) is 101 Å². The molecule has 2 aliphatic rings. The summed E-state index contributed by atoms with van der Waals surface area (Å²) < 4.78 is 38.9. The summed E-state index contributed by atoms with van der Waals surface area (Å²) in [5.41, 5.74) is 1.92. The van der Waals surface area contributed by atoms with Crippen LogP contribution in [0.15, 0.2) is 78.9 Å². The zero-order valence-corrected chi connectivity index (χ0v) is 39.8. The minimum Gasteiger partial charge on any atom is -0.461 e. The van der Waals surface area contributed by atoms with E-state index in [1.54, 1.807) is 80.5 Å². The number of hydrogen-bond donors (Lipinski definition) is 3. The lowest BCUT2D eigenvalue weighted by Crippen LogP contribution is -2.58. The molecule has 0 spiro atoms. The highest BCUT2D eigenvalue weighted by Crippen LogP contribution is 2.49. The largest absolute Gasteiger partial charge is 0.461 e. The molecule has 4 atom stereocenters. The van der Waals surface area contributed by atoms with Gasteiger partial charge < -0.3 is 44.6 Å². The van der Waals surface area contributed by atoms with Gasteiger partial charge in [-0.2, -0.15) is 0 Å². The average molecular weight is 929 g/mol. The third-order valence-corrected chi connectivity index (χ3v) is 10.8. The summed E-state index contributed by atoms with van der Waals surface area (Å²) in [4.78, 5) is 98.6. The van der Waals surface area contributed by atoms with E-state index < -0.39 is 89.1 Å². The number of fused-ring (bicyclic) bond motifs is 1. The van der Waals surface area contributed by atoms with Gasteiger partial charge in [0.15, 0.2) is 6.10 Å². The first kappa shape index (κ1) is 47.8. The number of hydrogen-bond acceptors (Lipinski definition) is 12. The van der Waals surface area contributed by atoms with Crippen LogP contribution >= 0.6 is 11.9 Å². The summed E-state index contributed by atoms with van der Waals surface area (Å²) in [5, 5.41) is 5.67. The van der Waals surface area contributed by atoms with Gasteiger partial charge in [0, 0.05) is 42.4 Å². The molecule has 5 amide bonds. The van der Waals surface area contributed by atoms with E-state index in [0.717, 1.165) is 5.56 Å². The third kappa shape index (κ3) is 12.2. The molecule has 0 aromatic heterocycles. The number of amides is 5. The van der Waals surface area contributed by atoms with Crippen LogP contribution in [0.2, 0.25) is 0 Å². The van der Waals surface area contributed by atoms with E-state index in [-0.39, 0.29) is 42.3 Å². The van der Waals surface area contributed by atoms with E-state index >= 15 is 0 Å². The first-order chi connectivity index (χ1) is 31.6. The van der Waals surface area contributed by atoms with Crippen molar-refractivity contribution < 1.29 is 52.0 Å². The molecule has 1 fully saturated rings. The standard InChI is InChI=1S/C48H60BN5O11S/c1-28(55)51-32-25-35(41(58)53(26-30-14-12-11-13-15-30)33-20-18-31(19-21-33)40(50)57)54(27-32)42(59)38(45(2,3)4)52-37(56)23-17-29-16-22-36-34(24-29)39(65-66-49)48(62-36,43(60)63-46(5,6)7)44(61)64-47(8,9)10/h11-24,32,35,38-39H,25-27,49H2,1-10H3,(H2,50,57)(H,51,55)(H,52,56)/b23-17+/t32-,35+,38-,39?/m1/s1/i49TD. The van der Waals surface area contributed by atoms with Gasteiger partial charge in [-0.05, 0) is 110 Å². The molecule has 1 unspecified atom stereocenters. The first-order valence-corrected chi connectivity index (χ1v) is 22.2. The highest BCUT2D eigenvalue weighted by atomic mass is 32.2. The van der Waals surface area contributed by atoms with Gasteiger partial charge >= 0.3 is 17.5 Å². The third-order valence-electron chi connectivity index (χ3n) is 10.5. The highest BCUT2D eigenvalue weighted by molar-refractivity contribution is 8.15. The summed E-state index contributed by atoms with van der Waals surface area (Å²) in [6.45, 7) is 16.4. The molecule has 66 heavy (non-hydrogen) atoms. The van der Waals surface area contributed by atoms with Gasteiger partial charge in [0.1, 0.15) is 29.0 Å². The predicted octanol–water partition coefficient (Wildman–Crippen LogP) is 4.74. The Morgan fingerprint density at radius 3 is 2.14 bits per heavy atom. The molecule has 2 heterocycles. The molecule has 2 aliphatic heterocycles. The Kier molecular flexibility index (Phi) is 14.6. The maximum atomic E-state index is 14.8. The second-order valence-electron chi connectivity index (χ2n) is 19.3. The van der Waals surface area contributed by atoms with Crippen molar-refractivity contribution in [2.75, 3.05) is 11.4 Å². The van der Waals surface area contributed by atoms with Gasteiger partial charge in [-0.3, -0.25) is 24.0 Å². The first-order valence-electron chi connectivity index (χ1n) is 22.5. The lowest BCUT2D eigenvalue weighted by atomic mass is 9.85. The zero-order valence-electron chi connectivity index (χ0n) is 41.0. The number of ether oxygens (including phenoxy) is 3. The average Bonchev–Trinajstić information content (AvgIpc) is 3.80. The lowest BCUT2D eigenvalue weighted by Gasteiger charge is -2.36. The Morgan fingerprint density at radius 2 is 1.59 bits per heavy atom. The molecular formula is C48H60BN5O11S. The van der Waals surface area contributed by atoms with Gasteiger partial charge in [-0.15, -0.1) is 0 Å². The van der Waals surface area contributed by atoms with Crippen molar-refractivity contribution in [2.24, 2.45) is 11.1 Å². The predicted molar refractivity (Wildman–Crippen MR) is 252 cm³/mol. The maximum absolute atomic E-state index is 14.8. The minimum atomic E-state index is -2.54. The number of nitrogens with zero attached hydrogens (tertiary/aromatic N) is 2. The van der Waals surface area contributed by atoms with Gasteiger partial charge in [0.25, 0.3) is 0 Å². The number of anilines is 1. The number of rotatable bonds is 15. The summed E-state index contributed by atoms with van der Waals surface area (Å²) in [7, 11) is -1.58. The van der Waals surface area contributed by atoms with E-state index in [9.17, 15) is 33.6 Å². The summed E-state index contributed by atoms with van der Waals surface area (Å²) >= 11 is 0.378. The molecule has 0 aliphatic carbocycles. The van der Waals surface area contributed by atoms with E-state index in [1.165, 1.54) is 53.1 Å². The Morgan fingerprint density at radius 1 is 0.970 bits per heavy atom. The minimum absolute atomic E-state index is 0.0269. The zero-order chi connectivity index (χ0) is 50.5. The molecule has 352 valence electrons. The van der Waals surface area contributed by atoms with Crippen molar-refractivity contribution in [1.29, 1.82) is 2.67 Å². The van der Waals surface area contributed by atoms with Crippen LogP contribution in [0, 0.1) is 5.41 Å². The molecule has 1 saturated heterocycles. The van der Waals surface area contributed by atoms with Crippen molar-refractivity contribution in [3.63, 3.8) is 0 Å². The molecule has 18 heteroatoms. The van der Waals surface area contributed by atoms with Crippen LogP contribution in [0.4, 0.5) is 5.69 Å². The molecular weight excluding hydrogens is 865 g/mol. The van der Waals surface area contributed by atoms with Gasteiger partial charge in [-0.1, -0.05) is 69.1 Å². The van der Waals surface area contributed by atoms with Crippen molar-refractivity contribution in [1.82, 2.24) is 15.5 Å². The Balaban J connectivity index is 1.46. The van der Waals surface area contributed by atoms with Crippen LogP contribution < -0.4 is 26.0 Å². The fourth-order valence-corrected chi connectivity index (χ4v) is 7.96. The van der Waals surface area contributed by atoms with Gasteiger partial charge in [0.2, 0.25) is 36.6 Å². The Hall–Kier alpha value is -6.14. The quantitative estimate of drug-likeness (QED) is 0.0621. The number of primary amides is 1. The summed E-state index contributed by atoms with van der Waals surface area (Å²) in [6.07, 6.45) is 1.14.